The van der Waals surface area contributed by atoms with Crippen molar-refractivity contribution in [3.8, 4) is 11.5 Å². The second-order valence-corrected chi connectivity index (χ2v) is 11.6. The van der Waals surface area contributed by atoms with Gasteiger partial charge in [-0.05, 0) is 78.9 Å². The highest BCUT2D eigenvalue weighted by Gasteiger charge is 2.39. The number of aliphatic imine (C=N–C) groups is 1. The van der Waals surface area contributed by atoms with Crippen molar-refractivity contribution in [1.29, 1.82) is 0 Å². The second kappa shape index (κ2) is 12.4. The van der Waals surface area contributed by atoms with E-state index in [1.807, 2.05) is 53.4 Å². The van der Waals surface area contributed by atoms with E-state index < -0.39 is 0 Å². The number of carbonyl (C=O) groups is 1. The van der Waals surface area contributed by atoms with Crippen LogP contribution in [0.25, 0.3) is 6.08 Å². The minimum absolute atomic E-state index is 0.0912. The lowest BCUT2D eigenvalue weighted by atomic mass is 9.94. The lowest BCUT2D eigenvalue weighted by Crippen LogP contribution is -2.41. The van der Waals surface area contributed by atoms with Gasteiger partial charge in [-0.25, -0.2) is 0 Å². The molecule has 2 aromatic carbocycles. The first kappa shape index (κ1) is 26.2. The molecule has 7 heteroatoms. The van der Waals surface area contributed by atoms with Gasteiger partial charge in [0.2, 0.25) is 0 Å². The summed E-state index contributed by atoms with van der Waals surface area (Å²) in [5, 5.41) is 1.61. The number of methoxy groups -OCH3 is 1. The van der Waals surface area contributed by atoms with E-state index in [1.165, 1.54) is 50.3 Å². The molecule has 5 rings (SSSR count). The van der Waals surface area contributed by atoms with Gasteiger partial charge in [0, 0.05) is 11.1 Å². The Kier molecular flexibility index (Phi) is 8.78. The summed E-state index contributed by atoms with van der Waals surface area (Å²) >= 11 is 7.52. The van der Waals surface area contributed by atoms with Crippen molar-refractivity contribution in [3.63, 3.8) is 0 Å². The molecule has 0 bridgehead atoms. The molecule has 196 valence electrons. The van der Waals surface area contributed by atoms with E-state index in [-0.39, 0.29) is 11.9 Å². The molecular formula is C30H35ClN2O3S. The molecule has 3 fully saturated rings. The molecule has 2 saturated carbocycles. The zero-order valence-corrected chi connectivity index (χ0v) is 23.0. The standard InChI is InChI=1S/C30H35ClN2O3S/c1-35-27-18-22(14-17-26(27)36-20-21-12-15-23(31)16-13-21)19-28-29(34)33(25-10-6-3-7-11-25)30(37-28)32-24-8-4-2-5-9-24/h12-19,24-25H,2-11,20H2,1H3. The summed E-state index contributed by atoms with van der Waals surface area (Å²) < 4.78 is 11.6. The van der Waals surface area contributed by atoms with Crippen molar-refractivity contribution in [1.82, 2.24) is 4.90 Å². The van der Waals surface area contributed by atoms with Crippen molar-refractivity contribution in [2.24, 2.45) is 4.99 Å². The molecule has 0 radical (unpaired) electrons. The van der Waals surface area contributed by atoms with E-state index in [9.17, 15) is 4.79 Å². The fourth-order valence-corrected chi connectivity index (χ4v) is 6.63. The summed E-state index contributed by atoms with van der Waals surface area (Å²) in [4.78, 5) is 21.5. The van der Waals surface area contributed by atoms with Crippen LogP contribution in [0.3, 0.4) is 0 Å². The summed E-state index contributed by atoms with van der Waals surface area (Å²) in [6.45, 7) is 0.416. The Bertz CT molecular complexity index is 1150. The van der Waals surface area contributed by atoms with Crippen LogP contribution in [0.1, 0.15) is 75.3 Å². The van der Waals surface area contributed by atoms with Crippen LogP contribution in [0.2, 0.25) is 5.02 Å². The summed E-state index contributed by atoms with van der Waals surface area (Å²) in [5.74, 6) is 1.39. The van der Waals surface area contributed by atoms with Crippen LogP contribution in [-0.4, -0.2) is 35.2 Å². The Balaban J connectivity index is 1.35. The number of hydrogen-bond donors (Lipinski definition) is 0. The van der Waals surface area contributed by atoms with Gasteiger partial charge < -0.3 is 9.47 Å². The van der Waals surface area contributed by atoms with Gasteiger partial charge in [0.1, 0.15) is 6.61 Å². The Labute approximate surface area is 229 Å². The molecule has 1 amide bonds. The number of halogens is 1. The van der Waals surface area contributed by atoms with Gasteiger partial charge in [-0.1, -0.05) is 68.3 Å². The van der Waals surface area contributed by atoms with Gasteiger partial charge in [0.05, 0.1) is 18.1 Å². The zero-order chi connectivity index (χ0) is 25.6. The number of thioether (sulfide) groups is 1. The Morgan fingerprint density at radius 2 is 1.68 bits per heavy atom. The predicted molar refractivity (Wildman–Crippen MR) is 152 cm³/mol. The normalized spacial score (nSPS) is 21.7. The zero-order valence-electron chi connectivity index (χ0n) is 21.5. The summed E-state index contributed by atoms with van der Waals surface area (Å²) in [6, 6.07) is 14.0. The topological polar surface area (TPSA) is 51.1 Å². The maximum atomic E-state index is 13.7. The number of rotatable bonds is 7. The molecule has 2 aromatic rings. The molecular weight excluding hydrogens is 504 g/mol. The van der Waals surface area contributed by atoms with Crippen LogP contribution in [0.15, 0.2) is 52.4 Å². The molecule has 2 aliphatic carbocycles. The third kappa shape index (κ3) is 6.53. The highest BCUT2D eigenvalue weighted by Crippen LogP contribution is 2.39. The number of hydrogen-bond acceptors (Lipinski definition) is 5. The van der Waals surface area contributed by atoms with Crippen LogP contribution in [0.5, 0.6) is 11.5 Å². The van der Waals surface area contributed by atoms with Crippen molar-refractivity contribution in [2.45, 2.75) is 82.9 Å². The first-order chi connectivity index (χ1) is 18.1. The first-order valence-electron chi connectivity index (χ1n) is 13.5. The van der Waals surface area contributed by atoms with E-state index in [2.05, 4.69) is 0 Å². The molecule has 0 atom stereocenters. The fraction of sp³-hybridized carbons (Fsp3) is 0.467. The van der Waals surface area contributed by atoms with Gasteiger partial charge in [0.15, 0.2) is 16.7 Å². The van der Waals surface area contributed by atoms with Crippen molar-refractivity contribution in [3.05, 3.63) is 63.5 Å². The molecule has 1 heterocycles. The SMILES string of the molecule is COc1cc(C=C2SC(=NC3CCCCC3)N(C3CCCCC3)C2=O)ccc1OCc1ccc(Cl)cc1. The largest absolute Gasteiger partial charge is 0.493 e. The summed E-state index contributed by atoms with van der Waals surface area (Å²) in [7, 11) is 1.64. The molecule has 0 unspecified atom stereocenters. The number of amides is 1. The number of nitrogens with zero attached hydrogens (tertiary/aromatic N) is 2. The number of amidine groups is 1. The number of ether oxygens (including phenoxy) is 2. The van der Waals surface area contributed by atoms with Crippen LogP contribution in [0.4, 0.5) is 0 Å². The Hall–Kier alpha value is -2.44. The molecule has 1 aliphatic heterocycles. The lowest BCUT2D eigenvalue weighted by molar-refractivity contribution is -0.124. The minimum atomic E-state index is 0.0912. The Morgan fingerprint density at radius 1 is 0.973 bits per heavy atom. The predicted octanol–water partition coefficient (Wildman–Crippen LogP) is 7.87. The quantitative estimate of drug-likeness (QED) is 0.336. The average Bonchev–Trinajstić information content (AvgIpc) is 3.23. The first-order valence-corrected chi connectivity index (χ1v) is 14.7. The molecule has 0 aromatic heterocycles. The van der Waals surface area contributed by atoms with Crippen LogP contribution in [0, 0.1) is 0 Å². The van der Waals surface area contributed by atoms with Gasteiger partial charge >= 0.3 is 0 Å². The molecule has 5 nitrogen and oxygen atoms in total. The average molecular weight is 539 g/mol. The second-order valence-electron chi connectivity index (χ2n) is 10.1. The van der Waals surface area contributed by atoms with Gasteiger partial charge in [0.25, 0.3) is 5.91 Å². The number of carbonyl (C=O) groups excluding carboxylic acids is 1. The van der Waals surface area contributed by atoms with Crippen LogP contribution in [-0.2, 0) is 11.4 Å². The molecule has 3 aliphatic rings. The monoisotopic (exact) mass is 538 g/mol. The van der Waals surface area contributed by atoms with E-state index in [1.54, 1.807) is 7.11 Å². The molecule has 0 N–H and O–H groups in total. The van der Waals surface area contributed by atoms with E-state index in [0.717, 1.165) is 46.9 Å². The van der Waals surface area contributed by atoms with E-state index >= 15 is 0 Å². The van der Waals surface area contributed by atoms with Crippen molar-refractivity contribution in [2.75, 3.05) is 7.11 Å². The number of benzene rings is 2. The van der Waals surface area contributed by atoms with Crippen molar-refractivity contribution < 1.29 is 14.3 Å². The summed E-state index contributed by atoms with van der Waals surface area (Å²) in [6.07, 6.45) is 13.8. The third-order valence-electron chi connectivity index (χ3n) is 7.44. The van der Waals surface area contributed by atoms with Gasteiger partial charge in [-0.3, -0.25) is 14.7 Å². The maximum Gasteiger partial charge on any atom is 0.266 e. The lowest BCUT2D eigenvalue weighted by Gasteiger charge is -2.31. The van der Waals surface area contributed by atoms with Crippen molar-refractivity contribution >= 4 is 40.5 Å². The molecule has 1 saturated heterocycles. The third-order valence-corrected chi connectivity index (χ3v) is 8.69. The smallest absolute Gasteiger partial charge is 0.266 e. The highest BCUT2D eigenvalue weighted by atomic mass is 35.5. The van der Waals surface area contributed by atoms with E-state index in [4.69, 9.17) is 26.1 Å². The molecule has 0 spiro atoms. The molecule has 37 heavy (non-hydrogen) atoms. The highest BCUT2D eigenvalue weighted by molar-refractivity contribution is 8.18. The van der Waals surface area contributed by atoms with Gasteiger partial charge in [-0.2, -0.15) is 0 Å². The Morgan fingerprint density at radius 3 is 2.38 bits per heavy atom. The maximum absolute atomic E-state index is 13.7. The fourth-order valence-electron chi connectivity index (χ4n) is 5.39. The van der Waals surface area contributed by atoms with E-state index in [0.29, 0.717) is 29.2 Å². The van der Waals surface area contributed by atoms with Gasteiger partial charge in [-0.15, -0.1) is 0 Å². The van der Waals surface area contributed by atoms with Crippen LogP contribution < -0.4 is 9.47 Å². The summed E-state index contributed by atoms with van der Waals surface area (Å²) in [5.41, 5.74) is 1.94. The van der Waals surface area contributed by atoms with Crippen LogP contribution >= 0.6 is 23.4 Å². The minimum Gasteiger partial charge on any atom is -0.493 e.